The fraction of sp³-hybridized carbons (Fsp3) is 0.444. The third-order valence-electron chi connectivity index (χ3n) is 4.39. The molecule has 24 heavy (non-hydrogen) atoms. The summed E-state index contributed by atoms with van der Waals surface area (Å²) in [5, 5.41) is 3.09. The first-order chi connectivity index (χ1) is 11.6. The van der Waals surface area contributed by atoms with Crippen molar-refractivity contribution in [1.82, 2.24) is 14.9 Å². The number of carbonyl (C=O) groups excluding carboxylic acids is 1. The van der Waals surface area contributed by atoms with Gasteiger partial charge < -0.3 is 14.6 Å². The molecule has 1 aromatic carbocycles. The quantitative estimate of drug-likeness (QED) is 0.916. The number of imidazole rings is 1. The van der Waals surface area contributed by atoms with E-state index in [4.69, 9.17) is 4.74 Å². The van der Waals surface area contributed by atoms with Crippen molar-refractivity contribution in [2.24, 2.45) is 7.05 Å². The number of aryl methyl sites for hydroxylation is 2. The highest BCUT2D eigenvalue weighted by molar-refractivity contribution is 5.76. The molecule has 0 saturated carbocycles. The number of carbonyl (C=O) groups is 1. The van der Waals surface area contributed by atoms with Gasteiger partial charge in [0.2, 0.25) is 5.91 Å². The molecule has 2 aromatic rings. The van der Waals surface area contributed by atoms with Crippen molar-refractivity contribution in [3.05, 3.63) is 53.9 Å². The van der Waals surface area contributed by atoms with E-state index < -0.39 is 0 Å². The molecule has 1 aliphatic rings. The minimum absolute atomic E-state index is 0.0231. The minimum atomic E-state index is -0.258. The summed E-state index contributed by atoms with van der Waals surface area (Å²) in [5.41, 5.74) is 1.99. The molecule has 1 amide bonds. The van der Waals surface area contributed by atoms with Crippen LogP contribution in [0, 0.1) is 5.82 Å². The maximum absolute atomic E-state index is 12.9. The molecule has 6 heteroatoms. The fourth-order valence-electron chi connectivity index (χ4n) is 3.02. The Morgan fingerprint density at radius 2 is 2.21 bits per heavy atom. The minimum Gasteiger partial charge on any atom is -0.372 e. The van der Waals surface area contributed by atoms with E-state index in [1.54, 1.807) is 18.5 Å². The maximum Gasteiger partial charge on any atom is 0.220 e. The van der Waals surface area contributed by atoms with Gasteiger partial charge in [-0.2, -0.15) is 0 Å². The van der Waals surface area contributed by atoms with Gasteiger partial charge in [-0.3, -0.25) is 4.79 Å². The van der Waals surface area contributed by atoms with Crippen molar-refractivity contribution in [3.8, 4) is 0 Å². The SMILES string of the molecule is Cn1cncc1C1CC(NC(=O)CCc2ccc(F)cc2)CCO1. The van der Waals surface area contributed by atoms with Crippen LogP contribution in [0.3, 0.4) is 0 Å². The molecule has 1 N–H and O–H groups in total. The van der Waals surface area contributed by atoms with E-state index >= 15 is 0 Å². The van der Waals surface area contributed by atoms with Crippen LogP contribution in [0.25, 0.3) is 0 Å². The zero-order chi connectivity index (χ0) is 16.9. The lowest BCUT2D eigenvalue weighted by Crippen LogP contribution is -2.40. The average molecular weight is 331 g/mol. The number of rotatable bonds is 5. The zero-order valence-corrected chi connectivity index (χ0v) is 13.7. The molecule has 5 nitrogen and oxygen atoms in total. The average Bonchev–Trinajstić information content (AvgIpc) is 3.01. The van der Waals surface area contributed by atoms with Gasteiger partial charge in [-0.25, -0.2) is 9.37 Å². The standard InChI is InChI=1S/C18H22FN3O2/c1-22-12-20-11-16(22)17-10-15(8-9-24-17)21-18(23)7-4-13-2-5-14(19)6-3-13/h2-3,5-6,11-12,15,17H,4,7-10H2,1H3,(H,21,23). The third-order valence-corrected chi connectivity index (χ3v) is 4.39. The van der Waals surface area contributed by atoms with Crippen LogP contribution in [0.15, 0.2) is 36.8 Å². The molecule has 0 bridgehead atoms. The lowest BCUT2D eigenvalue weighted by Gasteiger charge is -2.30. The van der Waals surface area contributed by atoms with Crippen LogP contribution in [-0.2, 0) is 23.0 Å². The second-order valence-corrected chi connectivity index (χ2v) is 6.20. The summed E-state index contributed by atoms with van der Waals surface area (Å²) in [6.45, 7) is 0.624. The van der Waals surface area contributed by atoms with E-state index in [1.165, 1.54) is 12.1 Å². The molecule has 0 radical (unpaired) electrons. The zero-order valence-electron chi connectivity index (χ0n) is 13.7. The first-order valence-corrected chi connectivity index (χ1v) is 8.23. The Bertz CT molecular complexity index is 684. The van der Waals surface area contributed by atoms with Crippen LogP contribution in [0.4, 0.5) is 4.39 Å². The van der Waals surface area contributed by atoms with Gasteiger partial charge in [0.25, 0.3) is 0 Å². The van der Waals surface area contributed by atoms with Crippen LogP contribution in [0.1, 0.15) is 36.6 Å². The molecule has 2 atom stereocenters. The number of hydrogen-bond donors (Lipinski definition) is 1. The third kappa shape index (κ3) is 4.20. The topological polar surface area (TPSA) is 56.2 Å². The first kappa shape index (κ1) is 16.6. The summed E-state index contributed by atoms with van der Waals surface area (Å²) in [6.07, 6.45) is 6.11. The van der Waals surface area contributed by atoms with Gasteiger partial charge in [0.15, 0.2) is 0 Å². The lowest BCUT2D eigenvalue weighted by molar-refractivity contribution is -0.122. The smallest absolute Gasteiger partial charge is 0.220 e. The predicted molar refractivity (Wildman–Crippen MR) is 87.8 cm³/mol. The van der Waals surface area contributed by atoms with E-state index in [2.05, 4.69) is 10.3 Å². The number of hydrogen-bond acceptors (Lipinski definition) is 3. The molecule has 0 aliphatic carbocycles. The maximum atomic E-state index is 12.9. The molecule has 1 aliphatic heterocycles. The molecule has 3 rings (SSSR count). The summed E-state index contributed by atoms with van der Waals surface area (Å²) < 4.78 is 20.6. The molecule has 0 spiro atoms. The van der Waals surface area contributed by atoms with Gasteiger partial charge in [-0.15, -0.1) is 0 Å². The summed E-state index contributed by atoms with van der Waals surface area (Å²) in [4.78, 5) is 16.3. The Morgan fingerprint density at radius 1 is 1.42 bits per heavy atom. The number of ether oxygens (including phenoxy) is 1. The second-order valence-electron chi connectivity index (χ2n) is 6.20. The van der Waals surface area contributed by atoms with Crippen molar-refractivity contribution in [2.75, 3.05) is 6.61 Å². The monoisotopic (exact) mass is 331 g/mol. The van der Waals surface area contributed by atoms with Crippen molar-refractivity contribution in [2.45, 2.75) is 37.8 Å². The van der Waals surface area contributed by atoms with Crippen LogP contribution in [0.5, 0.6) is 0 Å². The summed E-state index contributed by atoms with van der Waals surface area (Å²) in [5.74, 6) is -0.235. The van der Waals surface area contributed by atoms with Gasteiger partial charge in [0.05, 0.1) is 18.2 Å². The second kappa shape index (κ2) is 7.57. The van der Waals surface area contributed by atoms with Crippen molar-refractivity contribution in [3.63, 3.8) is 0 Å². The molecule has 2 heterocycles. The van der Waals surface area contributed by atoms with E-state index in [1.807, 2.05) is 17.8 Å². The van der Waals surface area contributed by atoms with E-state index in [-0.39, 0.29) is 23.9 Å². The lowest BCUT2D eigenvalue weighted by atomic mass is 10.0. The predicted octanol–water partition coefficient (Wildman–Crippen LogP) is 2.53. The Labute approximate surface area is 140 Å². The Hall–Kier alpha value is -2.21. The van der Waals surface area contributed by atoms with Gasteiger partial charge in [-0.1, -0.05) is 12.1 Å². The number of aromatic nitrogens is 2. The molecular weight excluding hydrogens is 309 g/mol. The van der Waals surface area contributed by atoms with Crippen molar-refractivity contribution < 1.29 is 13.9 Å². The van der Waals surface area contributed by atoms with Crippen molar-refractivity contribution >= 4 is 5.91 Å². The summed E-state index contributed by atoms with van der Waals surface area (Å²) >= 11 is 0. The van der Waals surface area contributed by atoms with E-state index in [0.29, 0.717) is 19.4 Å². The first-order valence-electron chi connectivity index (χ1n) is 8.23. The Balaban J connectivity index is 1.49. The van der Waals surface area contributed by atoms with E-state index in [9.17, 15) is 9.18 Å². The fourth-order valence-corrected chi connectivity index (χ4v) is 3.02. The van der Waals surface area contributed by atoms with Crippen LogP contribution < -0.4 is 5.32 Å². The number of halogens is 1. The summed E-state index contributed by atoms with van der Waals surface area (Å²) in [7, 11) is 1.94. The van der Waals surface area contributed by atoms with Crippen LogP contribution in [-0.4, -0.2) is 28.1 Å². The van der Waals surface area contributed by atoms with E-state index in [0.717, 1.165) is 24.1 Å². The highest BCUT2D eigenvalue weighted by Gasteiger charge is 2.26. The largest absolute Gasteiger partial charge is 0.372 e. The summed E-state index contributed by atoms with van der Waals surface area (Å²) in [6, 6.07) is 6.39. The molecule has 1 fully saturated rings. The van der Waals surface area contributed by atoms with Gasteiger partial charge in [-0.05, 0) is 37.0 Å². The highest BCUT2D eigenvalue weighted by Crippen LogP contribution is 2.27. The molecular formula is C18H22FN3O2. The molecule has 2 unspecified atom stereocenters. The number of nitrogens with one attached hydrogen (secondary N) is 1. The normalized spacial score (nSPS) is 20.8. The molecule has 1 saturated heterocycles. The Kier molecular flexibility index (Phi) is 5.25. The molecule has 128 valence electrons. The van der Waals surface area contributed by atoms with Crippen LogP contribution in [0.2, 0.25) is 0 Å². The van der Waals surface area contributed by atoms with Gasteiger partial charge in [0.1, 0.15) is 11.9 Å². The Morgan fingerprint density at radius 3 is 2.92 bits per heavy atom. The number of amides is 1. The highest BCUT2D eigenvalue weighted by atomic mass is 19.1. The number of nitrogens with zero attached hydrogens (tertiary/aromatic N) is 2. The number of benzene rings is 1. The van der Waals surface area contributed by atoms with Gasteiger partial charge >= 0.3 is 0 Å². The van der Waals surface area contributed by atoms with Gasteiger partial charge in [0, 0.05) is 26.1 Å². The van der Waals surface area contributed by atoms with Crippen LogP contribution >= 0.6 is 0 Å². The molecule has 1 aromatic heterocycles. The van der Waals surface area contributed by atoms with Crippen molar-refractivity contribution in [1.29, 1.82) is 0 Å².